The Bertz CT molecular complexity index is 664. The smallest absolute Gasteiger partial charge is 0.273 e. The Morgan fingerprint density at radius 2 is 2.09 bits per heavy atom. The number of nitro benzene ring substituents is 1. The van der Waals surface area contributed by atoms with E-state index in [1.807, 2.05) is 0 Å². The molecule has 7 nitrogen and oxygen atoms in total. The molecule has 0 bridgehead atoms. The van der Waals surface area contributed by atoms with Crippen LogP contribution in [-0.4, -0.2) is 36.8 Å². The first-order chi connectivity index (χ1) is 10.4. The summed E-state index contributed by atoms with van der Waals surface area (Å²) in [5, 5.41) is 11.0. The molecule has 1 aromatic carbocycles. The van der Waals surface area contributed by atoms with Gasteiger partial charge in [0, 0.05) is 24.2 Å². The minimum atomic E-state index is -3.73. The van der Waals surface area contributed by atoms with Gasteiger partial charge < -0.3 is 5.73 Å². The third-order valence-electron chi connectivity index (χ3n) is 4.06. The second kappa shape index (κ2) is 8.05. The monoisotopic (exact) mass is 363 g/mol. The van der Waals surface area contributed by atoms with Gasteiger partial charge in [-0.1, -0.05) is 12.5 Å². The van der Waals surface area contributed by atoms with E-state index in [0.29, 0.717) is 25.1 Å². The topological polar surface area (TPSA) is 107 Å². The Kier molecular flexibility index (Phi) is 6.94. The lowest BCUT2D eigenvalue weighted by molar-refractivity contribution is -0.385. The Morgan fingerprint density at radius 3 is 2.70 bits per heavy atom. The lowest BCUT2D eigenvalue weighted by atomic mass is 10.0. The third kappa shape index (κ3) is 4.20. The molecule has 1 aliphatic rings. The molecule has 1 aromatic rings. The van der Waals surface area contributed by atoms with Crippen molar-refractivity contribution in [2.45, 2.75) is 43.5 Å². The first-order valence-corrected chi connectivity index (χ1v) is 8.79. The molecule has 0 amide bonds. The molecule has 0 spiro atoms. The average molecular weight is 364 g/mol. The zero-order chi connectivity index (χ0) is 16.3. The number of hydrogen-bond donors (Lipinski definition) is 1. The van der Waals surface area contributed by atoms with Gasteiger partial charge in [0.15, 0.2) is 0 Å². The highest BCUT2D eigenvalue weighted by Gasteiger charge is 2.33. The fourth-order valence-electron chi connectivity index (χ4n) is 2.85. The maximum Gasteiger partial charge on any atom is 0.273 e. The minimum Gasteiger partial charge on any atom is -0.330 e. The van der Waals surface area contributed by atoms with Crippen LogP contribution in [0, 0.1) is 17.0 Å². The third-order valence-corrected chi connectivity index (χ3v) is 6.00. The molecule has 23 heavy (non-hydrogen) atoms. The molecule has 1 saturated heterocycles. The van der Waals surface area contributed by atoms with Crippen LogP contribution in [-0.2, 0) is 10.0 Å². The van der Waals surface area contributed by atoms with Crippen LogP contribution in [0.4, 0.5) is 5.69 Å². The molecule has 1 aliphatic heterocycles. The van der Waals surface area contributed by atoms with E-state index < -0.39 is 14.9 Å². The Morgan fingerprint density at radius 1 is 1.39 bits per heavy atom. The first-order valence-electron chi connectivity index (χ1n) is 7.35. The lowest BCUT2D eigenvalue weighted by Gasteiger charge is -2.34. The summed E-state index contributed by atoms with van der Waals surface area (Å²) in [5.41, 5.74) is 5.85. The molecule has 1 heterocycles. The van der Waals surface area contributed by atoms with Crippen molar-refractivity contribution in [3.05, 3.63) is 33.9 Å². The van der Waals surface area contributed by atoms with Crippen LogP contribution in [0.25, 0.3) is 0 Å². The maximum absolute atomic E-state index is 12.8. The van der Waals surface area contributed by atoms with Gasteiger partial charge in [-0.3, -0.25) is 10.1 Å². The van der Waals surface area contributed by atoms with E-state index in [2.05, 4.69) is 0 Å². The van der Waals surface area contributed by atoms with Crippen LogP contribution in [0.1, 0.15) is 31.2 Å². The highest BCUT2D eigenvalue weighted by molar-refractivity contribution is 7.89. The summed E-state index contributed by atoms with van der Waals surface area (Å²) in [7, 11) is -3.73. The van der Waals surface area contributed by atoms with Gasteiger partial charge in [-0.05, 0) is 38.8 Å². The number of sulfonamides is 1. The van der Waals surface area contributed by atoms with Crippen LogP contribution in [0.3, 0.4) is 0 Å². The second-order valence-corrected chi connectivity index (χ2v) is 7.44. The Balaban J connectivity index is 0.00000264. The summed E-state index contributed by atoms with van der Waals surface area (Å²) in [6, 6.07) is 3.95. The van der Waals surface area contributed by atoms with Crippen molar-refractivity contribution in [1.29, 1.82) is 0 Å². The van der Waals surface area contributed by atoms with Gasteiger partial charge >= 0.3 is 0 Å². The van der Waals surface area contributed by atoms with Crippen molar-refractivity contribution in [3.8, 4) is 0 Å². The highest BCUT2D eigenvalue weighted by atomic mass is 35.5. The van der Waals surface area contributed by atoms with E-state index in [0.717, 1.165) is 25.3 Å². The molecule has 1 fully saturated rings. The minimum absolute atomic E-state index is 0. The number of aryl methyl sites for hydroxylation is 1. The van der Waals surface area contributed by atoms with E-state index in [-0.39, 0.29) is 29.0 Å². The van der Waals surface area contributed by atoms with E-state index in [1.54, 1.807) is 6.92 Å². The van der Waals surface area contributed by atoms with Crippen molar-refractivity contribution in [3.63, 3.8) is 0 Å². The quantitative estimate of drug-likeness (QED) is 0.637. The number of nitro groups is 1. The molecule has 0 aromatic heterocycles. The van der Waals surface area contributed by atoms with Crippen molar-refractivity contribution in [2.24, 2.45) is 5.73 Å². The number of piperidine rings is 1. The lowest BCUT2D eigenvalue weighted by Crippen LogP contribution is -2.44. The number of hydrogen-bond acceptors (Lipinski definition) is 5. The van der Waals surface area contributed by atoms with Gasteiger partial charge in [0.05, 0.1) is 9.82 Å². The molecule has 2 N–H and O–H groups in total. The highest BCUT2D eigenvalue weighted by Crippen LogP contribution is 2.29. The zero-order valence-electron chi connectivity index (χ0n) is 13.0. The first kappa shape index (κ1) is 19.8. The number of nitrogens with zero attached hydrogens (tertiary/aromatic N) is 2. The number of benzene rings is 1. The molecular weight excluding hydrogens is 342 g/mol. The van der Waals surface area contributed by atoms with Crippen LogP contribution < -0.4 is 5.73 Å². The van der Waals surface area contributed by atoms with E-state index in [1.165, 1.54) is 16.4 Å². The molecule has 1 unspecified atom stereocenters. The van der Waals surface area contributed by atoms with E-state index in [9.17, 15) is 18.5 Å². The van der Waals surface area contributed by atoms with Crippen LogP contribution in [0.15, 0.2) is 23.1 Å². The predicted molar refractivity (Wildman–Crippen MR) is 90.3 cm³/mol. The number of nitrogens with two attached hydrogens (primary N) is 1. The molecule has 0 saturated carbocycles. The Hall–Kier alpha value is -1.22. The second-order valence-electron chi connectivity index (χ2n) is 5.55. The fourth-order valence-corrected chi connectivity index (χ4v) is 4.60. The van der Waals surface area contributed by atoms with Crippen molar-refractivity contribution >= 4 is 28.1 Å². The summed E-state index contributed by atoms with van der Waals surface area (Å²) >= 11 is 0. The van der Waals surface area contributed by atoms with Crippen molar-refractivity contribution in [2.75, 3.05) is 13.1 Å². The van der Waals surface area contributed by atoms with Crippen molar-refractivity contribution in [1.82, 2.24) is 4.31 Å². The summed E-state index contributed by atoms with van der Waals surface area (Å²) in [6.07, 6.45) is 3.16. The summed E-state index contributed by atoms with van der Waals surface area (Å²) in [4.78, 5) is 10.5. The molecule has 2 rings (SSSR count). The van der Waals surface area contributed by atoms with Gasteiger partial charge in [0.1, 0.15) is 0 Å². The Labute approximate surface area is 142 Å². The molecule has 0 aliphatic carbocycles. The maximum atomic E-state index is 12.8. The van der Waals surface area contributed by atoms with Gasteiger partial charge in [-0.25, -0.2) is 8.42 Å². The van der Waals surface area contributed by atoms with Crippen LogP contribution in [0.2, 0.25) is 0 Å². The van der Waals surface area contributed by atoms with Gasteiger partial charge in [-0.15, -0.1) is 12.4 Å². The molecule has 130 valence electrons. The predicted octanol–water partition coefficient (Wildman–Crippen LogP) is 2.22. The summed E-state index contributed by atoms with van der Waals surface area (Å²) in [6.45, 7) is 2.45. The van der Waals surface area contributed by atoms with Crippen LogP contribution in [0.5, 0.6) is 0 Å². The number of halogens is 1. The SMILES string of the molecule is Cc1ccc(S(=O)(=O)N2CCCCC2CCN)cc1[N+](=O)[O-].Cl. The zero-order valence-corrected chi connectivity index (χ0v) is 14.6. The van der Waals surface area contributed by atoms with E-state index >= 15 is 0 Å². The van der Waals surface area contributed by atoms with Crippen LogP contribution >= 0.6 is 12.4 Å². The molecule has 1 atom stereocenters. The number of rotatable bonds is 5. The molecular formula is C14H22ClN3O4S. The fraction of sp³-hybridized carbons (Fsp3) is 0.571. The largest absolute Gasteiger partial charge is 0.330 e. The average Bonchev–Trinajstić information content (AvgIpc) is 2.48. The normalized spacial score (nSPS) is 19.1. The van der Waals surface area contributed by atoms with Gasteiger partial charge in [0.25, 0.3) is 5.69 Å². The molecule has 0 radical (unpaired) electrons. The van der Waals surface area contributed by atoms with Gasteiger partial charge in [0.2, 0.25) is 10.0 Å². The van der Waals surface area contributed by atoms with E-state index in [4.69, 9.17) is 5.73 Å². The summed E-state index contributed by atoms with van der Waals surface area (Å²) < 4.78 is 27.1. The summed E-state index contributed by atoms with van der Waals surface area (Å²) in [5.74, 6) is 0. The molecule has 9 heteroatoms. The standard InChI is InChI=1S/C14H21N3O4S.ClH/c1-11-5-6-13(10-14(11)17(18)19)22(20,21)16-9-3-2-4-12(16)7-8-15;/h5-6,10,12H,2-4,7-9,15H2,1H3;1H. The van der Waals surface area contributed by atoms with Gasteiger partial charge in [-0.2, -0.15) is 4.31 Å². The van der Waals surface area contributed by atoms with Crippen molar-refractivity contribution < 1.29 is 13.3 Å².